The lowest BCUT2D eigenvalue weighted by Gasteiger charge is -2.48. The molecule has 1 unspecified atom stereocenters. The Morgan fingerprint density at radius 1 is 1.19 bits per heavy atom. The maximum absolute atomic E-state index is 14.3. The second-order valence-corrected chi connectivity index (χ2v) is 12.6. The highest BCUT2D eigenvalue weighted by molar-refractivity contribution is 6.22. The van der Waals surface area contributed by atoms with Crippen LogP contribution >= 0.6 is 0 Å². The quantitative estimate of drug-likeness (QED) is 0.448. The first kappa shape index (κ1) is 23.7. The summed E-state index contributed by atoms with van der Waals surface area (Å²) in [5, 5.41) is 13.9. The molecule has 1 aromatic carbocycles. The Balaban J connectivity index is 1.59. The monoisotopic (exact) mass is 487 g/mol. The van der Waals surface area contributed by atoms with Crippen LogP contribution in [0.25, 0.3) is 0 Å². The van der Waals surface area contributed by atoms with E-state index in [1.54, 1.807) is 0 Å². The SMILES string of the molecule is C=C[C@@H]1C=C(C)[C@H]2[C@H]3[C@H]1C(=O)C1=C[C@](O)(Cc4ccc(cc4)O[C@@H]3C3[C@@H](C)C[C@@H](C)C[C@]32C)NC1=O. The molecule has 10 atom stereocenters. The topological polar surface area (TPSA) is 75.6 Å². The summed E-state index contributed by atoms with van der Waals surface area (Å²) in [5.41, 5.74) is 0.635. The summed E-state index contributed by atoms with van der Waals surface area (Å²) in [7, 11) is 0. The number of hydrogen-bond acceptors (Lipinski definition) is 4. The number of carbonyl (C=O) groups is 2. The Kier molecular flexibility index (Phi) is 5.22. The Hall–Kier alpha value is -2.66. The van der Waals surface area contributed by atoms with E-state index in [1.165, 1.54) is 11.6 Å². The summed E-state index contributed by atoms with van der Waals surface area (Å²) < 4.78 is 6.91. The number of ether oxygens (including phenoxy) is 1. The molecule has 5 nitrogen and oxygen atoms in total. The van der Waals surface area contributed by atoms with Gasteiger partial charge in [0.05, 0.1) is 5.57 Å². The average molecular weight is 488 g/mol. The second-order valence-electron chi connectivity index (χ2n) is 12.6. The summed E-state index contributed by atoms with van der Waals surface area (Å²) >= 11 is 0. The second kappa shape index (κ2) is 7.92. The minimum Gasteiger partial charge on any atom is -0.490 e. The van der Waals surface area contributed by atoms with Crippen molar-refractivity contribution in [2.24, 2.45) is 46.8 Å². The first-order chi connectivity index (χ1) is 17.0. The van der Waals surface area contributed by atoms with Gasteiger partial charge in [-0.15, -0.1) is 6.58 Å². The van der Waals surface area contributed by atoms with E-state index >= 15 is 0 Å². The summed E-state index contributed by atoms with van der Waals surface area (Å²) in [5.74, 6) is 0.862. The maximum atomic E-state index is 14.3. The highest BCUT2D eigenvalue weighted by atomic mass is 16.5. The highest BCUT2D eigenvalue weighted by Gasteiger charge is 2.66. The minimum absolute atomic E-state index is 0.0122. The van der Waals surface area contributed by atoms with Crippen LogP contribution in [0.4, 0.5) is 0 Å². The molecule has 2 fully saturated rings. The lowest BCUT2D eigenvalue weighted by molar-refractivity contribution is -0.128. The molecule has 0 spiro atoms. The van der Waals surface area contributed by atoms with E-state index in [4.69, 9.17) is 4.74 Å². The molecule has 0 aromatic heterocycles. The summed E-state index contributed by atoms with van der Waals surface area (Å²) in [6, 6.07) is 7.82. The fourth-order valence-corrected chi connectivity index (χ4v) is 9.24. The van der Waals surface area contributed by atoms with E-state index in [-0.39, 0.29) is 47.0 Å². The van der Waals surface area contributed by atoms with E-state index in [9.17, 15) is 14.7 Å². The number of benzene rings is 1. The number of aliphatic hydroxyl groups is 1. The number of nitrogens with one attached hydrogen (secondary N) is 1. The molecule has 190 valence electrons. The summed E-state index contributed by atoms with van der Waals surface area (Å²) in [6.45, 7) is 13.4. The Labute approximate surface area is 213 Å². The van der Waals surface area contributed by atoms with Crippen LogP contribution in [-0.4, -0.2) is 28.6 Å². The van der Waals surface area contributed by atoms with Crippen molar-refractivity contribution in [2.75, 3.05) is 0 Å². The zero-order valence-corrected chi connectivity index (χ0v) is 21.7. The number of Topliss-reactive ketones (excluding diaryl/α,β-unsaturated/α-hetero) is 1. The van der Waals surface area contributed by atoms with E-state index < -0.39 is 17.6 Å². The van der Waals surface area contributed by atoms with Gasteiger partial charge < -0.3 is 15.2 Å². The Bertz CT molecular complexity index is 1200. The Morgan fingerprint density at radius 3 is 2.61 bits per heavy atom. The molecule has 0 radical (unpaired) electrons. The third-order valence-electron chi connectivity index (χ3n) is 10.0. The van der Waals surface area contributed by atoms with Gasteiger partial charge in [-0.25, -0.2) is 0 Å². The van der Waals surface area contributed by atoms with Crippen LogP contribution in [0, 0.1) is 46.8 Å². The van der Waals surface area contributed by atoms with Crippen LogP contribution in [0.3, 0.4) is 0 Å². The van der Waals surface area contributed by atoms with Crippen molar-refractivity contribution in [1.29, 1.82) is 0 Å². The number of hydrogen-bond donors (Lipinski definition) is 2. The standard InChI is InChI=1S/C31H37NO4/c1-6-20-12-18(4)25-24-23(20)27(33)22-15-31(35,32-29(22)34)14-19-7-9-21(10-8-19)36-28(24)26-17(3)11-16(2)13-30(25,26)5/h6-10,12,15-17,20,23-26,28,35H,1,11,13-14H2,2-5H3,(H,32,34)/t16-,17+,20-,23+,24-,25+,26?,28+,30+,31-/m1/s1. The smallest absolute Gasteiger partial charge is 0.257 e. The lowest BCUT2D eigenvalue weighted by Crippen LogP contribution is -2.46. The van der Waals surface area contributed by atoms with E-state index in [2.05, 4.69) is 45.7 Å². The van der Waals surface area contributed by atoms with Gasteiger partial charge in [0.25, 0.3) is 5.91 Å². The van der Waals surface area contributed by atoms with Crippen LogP contribution in [0.2, 0.25) is 0 Å². The fourth-order valence-electron chi connectivity index (χ4n) is 9.24. The molecule has 2 saturated carbocycles. The molecule has 6 aliphatic rings. The van der Waals surface area contributed by atoms with Gasteiger partial charge in [-0.3, -0.25) is 9.59 Å². The molecule has 4 bridgehead atoms. The number of rotatable bonds is 1. The summed E-state index contributed by atoms with van der Waals surface area (Å²) in [6.07, 6.45) is 7.78. The zero-order valence-electron chi connectivity index (χ0n) is 21.7. The molecule has 7 rings (SSSR count). The molecule has 1 amide bonds. The van der Waals surface area contributed by atoms with Crippen LogP contribution in [-0.2, 0) is 16.0 Å². The van der Waals surface area contributed by atoms with Gasteiger partial charge in [0, 0.05) is 30.1 Å². The van der Waals surface area contributed by atoms with Crippen molar-refractivity contribution in [1.82, 2.24) is 5.32 Å². The van der Waals surface area contributed by atoms with Crippen LogP contribution in [0.5, 0.6) is 5.75 Å². The third kappa shape index (κ3) is 3.31. The first-order valence-electron chi connectivity index (χ1n) is 13.4. The first-order valence-corrected chi connectivity index (χ1v) is 13.4. The van der Waals surface area contributed by atoms with Gasteiger partial charge in [0.15, 0.2) is 11.5 Å². The van der Waals surface area contributed by atoms with E-state index in [1.807, 2.05) is 30.3 Å². The average Bonchev–Trinajstić information content (AvgIpc) is 3.24. The number of carbonyl (C=O) groups excluding carboxylic acids is 2. The normalized spacial score (nSPS) is 45.1. The largest absolute Gasteiger partial charge is 0.490 e. The van der Waals surface area contributed by atoms with Crippen molar-refractivity contribution in [3.05, 3.63) is 65.8 Å². The van der Waals surface area contributed by atoms with Crippen molar-refractivity contribution >= 4 is 11.7 Å². The third-order valence-corrected chi connectivity index (χ3v) is 10.0. The molecular weight excluding hydrogens is 450 g/mol. The van der Waals surface area contributed by atoms with Gasteiger partial charge in [-0.1, -0.05) is 50.6 Å². The van der Waals surface area contributed by atoms with Crippen molar-refractivity contribution in [3.63, 3.8) is 0 Å². The molecule has 3 aliphatic heterocycles. The molecule has 1 aromatic rings. The number of ketones is 1. The minimum atomic E-state index is -1.58. The van der Waals surface area contributed by atoms with Crippen LogP contribution in [0.1, 0.15) is 46.1 Å². The van der Waals surface area contributed by atoms with E-state index in [0.717, 1.165) is 24.2 Å². The van der Waals surface area contributed by atoms with Gasteiger partial charge >= 0.3 is 0 Å². The highest BCUT2D eigenvalue weighted by Crippen LogP contribution is 2.67. The number of allylic oxidation sites excluding steroid dienone is 3. The molecule has 5 heteroatoms. The molecular formula is C31H37NO4. The van der Waals surface area contributed by atoms with Crippen molar-refractivity contribution in [3.8, 4) is 5.75 Å². The van der Waals surface area contributed by atoms with Crippen LogP contribution in [0.15, 0.2) is 60.2 Å². The van der Waals surface area contributed by atoms with E-state index in [0.29, 0.717) is 17.8 Å². The van der Waals surface area contributed by atoms with Gasteiger partial charge in [-0.2, -0.15) is 0 Å². The number of fused-ring (bicyclic) bond motifs is 4. The van der Waals surface area contributed by atoms with Gasteiger partial charge in [-0.05, 0) is 66.7 Å². The maximum Gasteiger partial charge on any atom is 0.257 e. The predicted octanol–water partition coefficient (Wildman–Crippen LogP) is 4.62. The molecule has 36 heavy (non-hydrogen) atoms. The van der Waals surface area contributed by atoms with Crippen molar-refractivity contribution < 1.29 is 19.4 Å². The molecule has 3 heterocycles. The van der Waals surface area contributed by atoms with Gasteiger partial charge in [0.1, 0.15) is 11.9 Å². The molecule has 3 aliphatic carbocycles. The Morgan fingerprint density at radius 2 is 1.92 bits per heavy atom. The summed E-state index contributed by atoms with van der Waals surface area (Å²) in [4.78, 5) is 27.4. The lowest BCUT2D eigenvalue weighted by atomic mass is 9.55. The zero-order chi connectivity index (χ0) is 25.6. The van der Waals surface area contributed by atoms with Crippen molar-refractivity contribution in [2.45, 2.75) is 58.8 Å². The predicted molar refractivity (Wildman–Crippen MR) is 138 cm³/mol. The van der Waals surface area contributed by atoms with Crippen LogP contribution < -0.4 is 10.1 Å². The van der Waals surface area contributed by atoms with Gasteiger partial charge in [0.2, 0.25) is 0 Å². The molecule has 2 N–H and O–H groups in total. The number of amides is 1. The fraction of sp³-hybridized carbons (Fsp3) is 0.548. The molecule has 0 saturated heterocycles.